The minimum atomic E-state index is 0.638. The number of fused-ring (bicyclic) bond motifs is 1. The fourth-order valence-corrected chi connectivity index (χ4v) is 1.90. The van der Waals surface area contributed by atoms with Crippen LogP contribution in [0.25, 0.3) is 22.3 Å². The van der Waals surface area contributed by atoms with Crippen molar-refractivity contribution in [3.05, 3.63) is 60.3 Å². The molecule has 0 radical (unpaired) electrons. The predicted molar refractivity (Wildman–Crippen MR) is 72.9 cm³/mol. The molecule has 0 amide bonds. The normalized spacial score (nSPS) is 10.2. The number of hydrogen-bond donors (Lipinski definition) is 0. The largest absolute Gasteiger partial charge is 0.228 e. The second-order valence-corrected chi connectivity index (χ2v) is 3.92. The topological polar surface area (TPSA) is 25.8 Å². The Bertz CT molecular complexity index is 740. The van der Waals surface area contributed by atoms with Crippen LogP contribution in [0, 0.1) is 12.3 Å². The molecule has 0 unspecified atom stereocenters. The second kappa shape index (κ2) is 4.31. The van der Waals surface area contributed by atoms with Crippen LogP contribution in [0.2, 0.25) is 0 Å². The van der Waals surface area contributed by atoms with Gasteiger partial charge in [0, 0.05) is 10.9 Å². The molecule has 0 atom stereocenters. The molecule has 3 rings (SSSR count). The Balaban J connectivity index is 2.30. The van der Waals surface area contributed by atoms with Gasteiger partial charge in [0.15, 0.2) is 5.82 Å². The standard InChI is InChI=1S/C16H10N2/c1-2-14-13-10-6-7-11-15(13)18-16(17-14)12-8-4-3-5-9-12/h1,3-11H. The van der Waals surface area contributed by atoms with E-state index in [1.54, 1.807) is 0 Å². The Labute approximate surface area is 105 Å². The van der Waals surface area contributed by atoms with E-state index < -0.39 is 0 Å². The van der Waals surface area contributed by atoms with Crippen LogP contribution in [0.1, 0.15) is 5.69 Å². The van der Waals surface area contributed by atoms with E-state index in [9.17, 15) is 0 Å². The molecule has 0 aliphatic rings. The molecule has 84 valence electrons. The van der Waals surface area contributed by atoms with Gasteiger partial charge in [-0.05, 0) is 18.1 Å². The van der Waals surface area contributed by atoms with Gasteiger partial charge in [0.25, 0.3) is 0 Å². The van der Waals surface area contributed by atoms with Crippen molar-refractivity contribution < 1.29 is 0 Å². The summed E-state index contributed by atoms with van der Waals surface area (Å²) in [4.78, 5) is 8.99. The molecule has 2 nitrogen and oxygen atoms in total. The average Bonchev–Trinajstić information content (AvgIpc) is 2.47. The SMILES string of the molecule is C#Cc1nc(-c2ccccc2)nc2ccccc12. The Morgan fingerprint density at radius 3 is 2.33 bits per heavy atom. The van der Waals surface area contributed by atoms with E-state index in [2.05, 4.69) is 15.9 Å². The maximum absolute atomic E-state index is 5.52. The van der Waals surface area contributed by atoms with Crippen LogP contribution >= 0.6 is 0 Å². The van der Waals surface area contributed by atoms with Gasteiger partial charge in [-0.25, -0.2) is 9.97 Å². The first-order chi connectivity index (χ1) is 8.88. The minimum Gasteiger partial charge on any atom is -0.228 e. The summed E-state index contributed by atoms with van der Waals surface area (Å²) in [6, 6.07) is 17.6. The van der Waals surface area contributed by atoms with Crippen molar-refractivity contribution in [2.45, 2.75) is 0 Å². The number of rotatable bonds is 1. The molecule has 3 aromatic rings. The molecular weight excluding hydrogens is 220 g/mol. The van der Waals surface area contributed by atoms with Crippen LogP contribution in [0.3, 0.4) is 0 Å². The fraction of sp³-hybridized carbons (Fsp3) is 0. The maximum Gasteiger partial charge on any atom is 0.161 e. The smallest absolute Gasteiger partial charge is 0.161 e. The highest BCUT2D eigenvalue weighted by Crippen LogP contribution is 2.20. The van der Waals surface area contributed by atoms with Gasteiger partial charge in [0.2, 0.25) is 0 Å². The summed E-state index contributed by atoms with van der Waals surface area (Å²) in [5.74, 6) is 3.30. The van der Waals surface area contributed by atoms with Crippen LogP contribution in [0.5, 0.6) is 0 Å². The molecule has 2 aromatic carbocycles. The Hall–Kier alpha value is -2.66. The number of para-hydroxylation sites is 1. The number of benzene rings is 2. The first kappa shape index (κ1) is 10.5. The molecule has 0 bridgehead atoms. The van der Waals surface area contributed by atoms with Crippen LogP contribution in [-0.2, 0) is 0 Å². The Morgan fingerprint density at radius 2 is 1.56 bits per heavy atom. The first-order valence-corrected chi connectivity index (χ1v) is 5.67. The van der Waals surface area contributed by atoms with Gasteiger partial charge < -0.3 is 0 Å². The van der Waals surface area contributed by atoms with E-state index in [-0.39, 0.29) is 0 Å². The van der Waals surface area contributed by atoms with Gasteiger partial charge in [-0.15, -0.1) is 6.42 Å². The van der Waals surface area contributed by atoms with Gasteiger partial charge in [0.05, 0.1) is 5.52 Å². The van der Waals surface area contributed by atoms with Crippen molar-refractivity contribution in [2.24, 2.45) is 0 Å². The van der Waals surface area contributed by atoms with Crippen LogP contribution in [-0.4, -0.2) is 9.97 Å². The zero-order chi connectivity index (χ0) is 12.4. The summed E-state index contributed by atoms with van der Waals surface area (Å²) < 4.78 is 0. The summed E-state index contributed by atoms with van der Waals surface area (Å²) in [6.45, 7) is 0. The highest BCUT2D eigenvalue weighted by molar-refractivity contribution is 5.85. The molecule has 0 fully saturated rings. The third-order valence-corrected chi connectivity index (χ3v) is 2.77. The van der Waals surface area contributed by atoms with Gasteiger partial charge in [-0.3, -0.25) is 0 Å². The number of nitrogens with zero attached hydrogens (tertiary/aromatic N) is 2. The quantitative estimate of drug-likeness (QED) is 0.599. The molecule has 0 N–H and O–H groups in total. The zero-order valence-corrected chi connectivity index (χ0v) is 9.67. The van der Waals surface area contributed by atoms with E-state index in [0.717, 1.165) is 16.5 Å². The molecular formula is C16H10N2. The van der Waals surface area contributed by atoms with Crippen molar-refractivity contribution in [1.29, 1.82) is 0 Å². The molecule has 0 saturated carbocycles. The summed E-state index contributed by atoms with van der Waals surface area (Å²) in [5, 5.41) is 0.916. The fourth-order valence-electron chi connectivity index (χ4n) is 1.90. The van der Waals surface area contributed by atoms with E-state index in [1.165, 1.54) is 0 Å². The van der Waals surface area contributed by atoms with E-state index in [0.29, 0.717) is 11.5 Å². The Kier molecular flexibility index (Phi) is 2.51. The van der Waals surface area contributed by atoms with Crippen LogP contribution in [0.4, 0.5) is 0 Å². The van der Waals surface area contributed by atoms with Crippen molar-refractivity contribution in [3.63, 3.8) is 0 Å². The lowest BCUT2D eigenvalue weighted by molar-refractivity contribution is 1.21. The van der Waals surface area contributed by atoms with Crippen molar-refractivity contribution in [3.8, 4) is 23.7 Å². The van der Waals surface area contributed by atoms with Gasteiger partial charge in [-0.1, -0.05) is 42.5 Å². The molecule has 1 aromatic heterocycles. The summed E-state index contributed by atoms with van der Waals surface area (Å²) in [7, 11) is 0. The van der Waals surface area contributed by atoms with Crippen molar-refractivity contribution in [1.82, 2.24) is 9.97 Å². The summed E-state index contributed by atoms with van der Waals surface area (Å²) in [5.41, 5.74) is 2.48. The number of aromatic nitrogens is 2. The van der Waals surface area contributed by atoms with Gasteiger partial charge in [0.1, 0.15) is 5.69 Å². The maximum atomic E-state index is 5.52. The third-order valence-electron chi connectivity index (χ3n) is 2.77. The third kappa shape index (κ3) is 1.72. The van der Waals surface area contributed by atoms with Crippen LogP contribution in [0.15, 0.2) is 54.6 Å². The monoisotopic (exact) mass is 230 g/mol. The minimum absolute atomic E-state index is 0.638. The summed E-state index contributed by atoms with van der Waals surface area (Å²) in [6.07, 6.45) is 5.52. The van der Waals surface area contributed by atoms with E-state index in [1.807, 2.05) is 54.6 Å². The van der Waals surface area contributed by atoms with Gasteiger partial charge in [-0.2, -0.15) is 0 Å². The lowest BCUT2D eigenvalue weighted by Crippen LogP contribution is -1.94. The molecule has 2 heteroatoms. The first-order valence-electron chi connectivity index (χ1n) is 5.67. The van der Waals surface area contributed by atoms with Crippen LogP contribution < -0.4 is 0 Å². The molecule has 18 heavy (non-hydrogen) atoms. The lowest BCUT2D eigenvalue weighted by atomic mass is 10.1. The van der Waals surface area contributed by atoms with E-state index in [4.69, 9.17) is 6.42 Å². The lowest BCUT2D eigenvalue weighted by Gasteiger charge is -2.04. The van der Waals surface area contributed by atoms with Gasteiger partial charge >= 0.3 is 0 Å². The Morgan fingerprint density at radius 1 is 0.833 bits per heavy atom. The molecule has 0 saturated heterocycles. The molecule has 0 aliphatic carbocycles. The highest BCUT2D eigenvalue weighted by atomic mass is 14.9. The molecule has 1 heterocycles. The molecule has 0 aliphatic heterocycles. The van der Waals surface area contributed by atoms with E-state index >= 15 is 0 Å². The predicted octanol–water partition coefficient (Wildman–Crippen LogP) is 3.28. The average molecular weight is 230 g/mol. The highest BCUT2D eigenvalue weighted by Gasteiger charge is 2.06. The number of hydrogen-bond acceptors (Lipinski definition) is 2. The second-order valence-electron chi connectivity index (χ2n) is 3.92. The summed E-state index contributed by atoms with van der Waals surface area (Å²) >= 11 is 0. The number of terminal acetylenes is 1. The zero-order valence-electron chi connectivity index (χ0n) is 9.67. The van der Waals surface area contributed by atoms with Crippen molar-refractivity contribution in [2.75, 3.05) is 0 Å². The molecule has 0 spiro atoms. The van der Waals surface area contributed by atoms with Crippen molar-refractivity contribution >= 4 is 10.9 Å².